The van der Waals surface area contributed by atoms with E-state index in [1.165, 1.54) is 0 Å². The molecule has 1 atom stereocenters. The fourth-order valence-corrected chi connectivity index (χ4v) is 2.25. The van der Waals surface area contributed by atoms with Crippen LogP contribution in [0.5, 0.6) is 0 Å². The zero-order valence-corrected chi connectivity index (χ0v) is 11.1. The van der Waals surface area contributed by atoms with Crippen molar-refractivity contribution in [3.05, 3.63) is 23.8 Å². The Hall–Kier alpha value is -1.71. The van der Waals surface area contributed by atoms with Crippen molar-refractivity contribution in [3.8, 4) is 0 Å². The Kier molecular flexibility index (Phi) is 3.75. The highest BCUT2D eigenvalue weighted by molar-refractivity contribution is 5.84. The molecule has 0 spiro atoms. The summed E-state index contributed by atoms with van der Waals surface area (Å²) in [5.74, 6) is 0.173. The lowest BCUT2D eigenvalue weighted by Gasteiger charge is -2.22. The van der Waals surface area contributed by atoms with Crippen LogP contribution in [0.4, 0.5) is 11.4 Å². The molecule has 1 fully saturated rings. The number of carbonyl (C=O) groups excluding carboxylic acids is 1. The van der Waals surface area contributed by atoms with Crippen molar-refractivity contribution in [1.29, 1.82) is 0 Å². The lowest BCUT2D eigenvalue weighted by Crippen LogP contribution is -2.39. The van der Waals surface area contributed by atoms with E-state index in [4.69, 9.17) is 5.73 Å². The maximum absolute atomic E-state index is 12.1. The lowest BCUT2D eigenvalue weighted by molar-refractivity contribution is -0.130. The molecule has 1 saturated heterocycles. The van der Waals surface area contributed by atoms with Gasteiger partial charge in [-0.1, -0.05) is 6.07 Å². The molecule has 98 valence electrons. The number of rotatable bonds is 3. The number of nitrogens with zero attached hydrogens (tertiary/aromatic N) is 1. The molecule has 3 N–H and O–H groups in total. The van der Waals surface area contributed by atoms with E-state index in [0.717, 1.165) is 42.9 Å². The van der Waals surface area contributed by atoms with Crippen molar-refractivity contribution >= 4 is 17.3 Å². The molecule has 0 bridgehead atoms. The molecule has 1 heterocycles. The van der Waals surface area contributed by atoms with Crippen molar-refractivity contribution < 1.29 is 4.79 Å². The summed E-state index contributed by atoms with van der Waals surface area (Å²) in [6, 6.07) is 5.60. The van der Waals surface area contributed by atoms with Crippen LogP contribution in [0, 0.1) is 6.92 Å². The minimum absolute atomic E-state index is 0.173. The number of hydrogen-bond donors (Lipinski definition) is 2. The Morgan fingerprint density at radius 1 is 1.39 bits per heavy atom. The molecule has 0 aliphatic carbocycles. The van der Waals surface area contributed by atoms with Crippen molar-refractivity contribution in [1.82, 2.24) is 4.90 Å². The Morgan fingerprint density at radius 3 is 2.67 bits per heavy atom. The largest absolute Gasteiger partial charge is 0.398 e. The van der Waals surface area contributed by atoms with E-state index in [0.29, 0.717) is 0 Å². The number of amides is 1. The summed E-state index contributed by atoms with van der Waals surface area (Å²) < 4.78 is 0. The molecule has 4 heteroatoms. The fourth-order valence-electron chi connectivity index (χ4n) is 2.25. The van der Waals surface area contributed by atoms with Gasteiger partial charge in [0.1, 0.15) is 6.04 Å². The van der Waals surface area contributed by atoms with Crippen molar-refractivity contribution in [3.63, 3.8) is 0 Å². The second-order valence-electron chi connectivity index (χ2n) is 4.97. The average Bonchev–Trinajstić information content (AvgIpc) is 2.86. The molecule has 0 radical (unpaired) electrons. The molecule has 1 aromatic rings. The molecule has 4 nitrogen and oxygen atoms in total. The first-order chi connectivity index (χ1) is 8.58. The summed E-state index contributed by atoms with van der Waals surface area (Å²) in [6.45, 7) is 5.65. The monoisotopic (exact) mass is 247 g/mol. The van der Waals surface area contributed by atoms with Crippen molar-refractivity contribution in [2.24, 2.45) is 0 Å². The molecule has 1 aromatic carbocycles. The number of carbonyl (C=O) groups is 1. The number of aryl methyl sites for hydroxylation is 1. The Morgan fingerprint density at radius 2 is 2.06 bits per heavy atom. The number of nitrogen functional groups attached to an aromatic ring is 1. The van der Waals surface area contributed by atoms with Crippen molar-refractivity contribution in [2.45, 2.75) is 32.7 Å². The van der Waals surface area contributed by atoms with Gasteiger partial charge in [0.2, 0.25) is 5.91 Å². The van der Waals surface area contributed by atoms with Gasteiger partial charge in [-0.05, 0) is 44.4 Å². The van der Waals surface area contributed by atoms with Crippen molar-refractivity contribution in [2.75, 3.05) is 24.1 Å². The molecular formula is C14H21N3O. The van der Waals surface area contributed by atoms with E-state index in [1.807, 2.05) is 36.9 Å². The number of likely N-dealkylation sites (tertiary alicyclic amines) is 1. The van der Waals surface area contributed by atoms with Crippen LogP contribution in [0.15, 0.2) is 18.2 Å². The molecule has 1 aliphatic rings. The van der Waals surface area contributed by atoms with E-state index in [-0.39, 0.29) is 11.9 Å². The highest BCUT2D eigenvalue weighted by atomic mass is 16.2. The molecule has 0 saturated carbocycles. The predicted octanol–water partition coefficient (Wildman–Crippen LogP) is 2.00. The smallest absolute Gasteiger partial charge is 0.244 e. The maximum Gasteiger partial charge on any atom is 0.244 e. The van der Waals surface area contributed by atoms with Crippen LogP contribution in [0.25, 0.3) is 0 Å². The third-order valence-electron chi connectivity index (χ3n) is 3.45. The van der Waals surface area contributed by atoms with Gasteiger partial charge in [0.25, 0.3) is 0 Å². The van der Waals surface area contributed by atoms with Crippen LogP contribution >= 0.6 is 0 Å². The number of anilines is 2. The van der Waals surface area contributed by atoms with E-state index in [1.54, 1.807) is 0 Å². The molecular weight excluding hydrogens is 226 g/mol. The van der Waals surface area contributed by atoms with Gasteiger partial charge in [0.05, 0.1) is 0 Å². The van der Waals surface area contributed by atoms with Gasteiger partial charge >= 0.3 is 0 Å². The van der Waals surface area contributed by atoms with Crippen LogP contribution in [0.2, 0.25) is 0 Å². The number of hydrogen-bond acceptors (Lipinski definition) is 3. The van der Waals surface area contributed by atoms with Crippen LogP contribution < -0.4 is 11.1 Å². The molecule has 1 unspecified atom stereocenters. The normalized spacial score (nSPS) is 16.7. The van der Waals surface area contributed by atoms with Gasteiger partial charge in [0.15, 0.2) is 0 Å². The lowest BCUT2D eigenvalue weighted by atomic mass is 10.1. The number of nitrogens with one attached hydrogen (secondary N) is 1. The van der Waals surface area contributed by atoms with Crippen LogP contribution in [0.3, 0.4) is 0 Å². The predicted molar refractivity (Wildman–Crippen MR) is 74.5 cm³/mol. The standard InChI is InChI=1S/C14H21N3O/c1-10-5-6-12(9-13(10)15)16-11(2)14(18)17-7-3-4-8-17/h5-6,9,11,16H,3-4,7-8,15H2,1-2H3. The Bertz CT molecular complexity index is 439. The molecule has 1 amide bonds. The first-order valence-corrected chi connectivity index (χ1v) is 6.49. The second kappa shape index (κ2) is 5.29. The van der Waals surface area contributed by atoms with Crippen LogP contribution in [-0.2, 0) is 4.79 Å². The zero-order chi connectivity index (χ0) is 13.1. The summed E-state index contributed by atoms with van der Waals surface area (Å²) in [5.41, 5.74) is 8.57. The summed E-state index contributed by atoms with van der Waals surface area (Å²) in [4.78, 5) is 14.1. The van der Waals surface area contributed by atoms with Crippen LogP contribution in [0.1, 0.15) is 25.3 Å². The Labute approximate surface area is 108 Å². The first-order valence-electron chi connectivity index (χ1n) is 6.49. The van der Waals surface area contributed by atoms with Gasteiger partial charge in [-0.3, -0.25) is 4.79 Å². The third kappa shape index (κ3) is 2.75. The SMILES string of the molecule is Cc1ccc(NC(C)C(=O)N2CCCC2)cc1N. The summed E-state index contributed by atoms with van der Waals surface area (Å²) >= 11 is 0. The third-order valence-corrected chi connectivity index (χ3v) is 3.45. The van der Waals surface area contributed by atoms with Gasteiger partial charge in [0, 0.05) is 24.5 Å². The second-order valence-corrected chi connectivity index (χ2v) is 4.97. The molecule has 0 aromatic heterocycles. The summed E-state index contributed by atoms with van der Waals surface area (Å²) in [5, 5.41) is 3.22. The number of benzene rings is 1. The molecule has 2 rings (SSSR count). The molecule has 1 aliphatic heterocycles. The Balaban J connectivity index is 1.99. The van der Waals surface area contributed by atoms with Crippen LogP contribution in [-0.4, -0.2) is 29.9 Å². The van der Waals surface area contributed by atoms with Gasteiger partial charge in [-0.2, -0.15) is 0 Å². The highest BCUT2D eigenvalue weighted by Crippen LogP contribution is 2.18. The van der Waals surface area contributed by atoms with E-state index >= 15 is 0 Å². The van der Waals surface area contributed by atoms with Gasteiger partial charge < -0.3 is 16.0 Å². The highest BCUT2D eigenvalue weighted by Gasteiger charge is 2.22. The van der Waals surface area contributed by atoms with E-state index < -0.39 is 0 Å². The molecule has 18 heavy (non-hydrogen) atoms. The van der Waals surface area contributed by atoms with E-state index in [9.17, 15) is 4.79 Å². The fraction of sp³-hybridized carbons (Fsp3) is 0.500. The number of nitrogens with two attached hydrogens (primary N) is 1. The summed E-state index contributed by atoms with van der Waals surface area (Å²) in [7, 11) is 0. The topological polar surface area (TPSA) is 58.4 Å². The van der Waals surface area contributed by atoms with Gasteiger partial charge in [-0.15, -0.1) is 0 Å². The zero-order valence-electron chi connectivity index (χ0n) is 11.1. The summed E-state index contributed by atoms with van der Waals surface area (Å²) in [6.07, 6.45) is 2.24. The van der Waals surface area contributed by atoms with Gasteiger partial charge in [-0.25, -0.2) is 0 Å². The average molecular weight is 247 g/mol. The quantitative estimate of drug-likeness (QED) is 0.803. The minimum atomic E-state index is -0.204. The minimum Gasteiger partial charge on any atom is -0.398 e. The maximum atomic E-state index is 12.1. The van der Waals surface area contributed by atoms with E-state index in [2.05, 4.69) is 5.32 Å². The first kappa shape index (κ1) is 12.7.